The van der Waals surface area contributed by atoms with Gasteiger partial charge in [0.2, 0.25) is 0 Å². The molecule has 1 atom stereocenters. The number of aryl methyl sites for hydroxylation is 1. The minimum Gasteiger partial charge on any atom is -0.336 e. The third-order valence-corrected chi connectivity index (χ3v) is 6.07. The van der Waals surface area contributed by atoms with Crippen LogP contribution >= 0.6 is 0 Å². The van der Waals surface area contributed by atoms with Crippen LogP contribution in [0.2, 0.25) is 0 Å². The molecule has 0 spiro atoms. The molecule has 0 saturated carbocycles. The molecule has 0 radical (unpaired) electrons. The van der Waals surface area contributed by atoms with Crippen LogP contribution in [0.5, 0.6) is 0 Å². The number of hydrogen-bond donors (Lipinski definition) is 0. The maximum absolute atomic E-state index is 13.3. The number of nitrogens with zero attached hydrogens (tertiary/aromatic N) is 4. The molecule has 27 heavy (non-hydrogen) atoms. The summed E-state index contributed by atoms with van der Waals surface area (Å²) in [5.41, 5.74) is 2.88. The third-order valence-electron chi connectivity index (χ3n) is 6.07. The molecule has 3 heterocycles. The molecule has 2 saturated heterocycles. The van der Waals surface area contributed by atoms with Gasteiger partial charge in [0.25, 0.3) is 5.91 Å². The van der Waals surface area contributed by atoms with E-state index in [-0.39, 0.29) is 5.91 Å². The summed E-state index contributed by atoms with van der Waals surface area (Å²) < 4.78 is 1.84. The fourth-order valence-corrected chi connectivity index (χ4v) is 4.47. The molecule has 5 nitrogen and oxygen atoms in total. The number of benzene rings is 1. The molecule has 0 aliphatic carbocycles. The molecule has 5 heteroatoms. The molecule has 0 bridgehead atoms. The van der Waals surface area contributed by atoms with Crippen LogP contribution in [0, 0.1) is 6.92 Å². The van der Waals surface area contributed by atoms with Crippen molar-refractivity contribution in [2.24, 2.45) is 0 Å². The number of hydrogen-bond acceptors (Lipinski definition) is 3. The molecule has 4 rings (SSSR count). The van der Waals surface area contributed by atoms with Crippen molar-refractivity contribution in [1.29, 1.82) is 0 Å². The summed E-state index contributed by atoms with van der Waals surface area (Å²) >= 11 is 0. The Hall–Kier alpha value is -2.14. The SMILES string of the molecule is Cc1ccc(C(=O)N2CCCCC2CCN2CCCC2)cc1-n1cccn1. The minimum absolute atomic E-state index is 0.175. The number of likely N-dealkylation sites (tertiary alicyclic amines) is 2. The quantitative estimate of drug-likeness (QED) is 0.811. The third kappa shape index (κ3) is 4.08. The maximum atomic E-state index is 13.3. The lowest BCUT2D eigenvalue weighted by Gasteiger charge is -2.37. The maximum Gasteiger partial charge on any atom is 0.254 e. The van der Waals surface area contributed by atoms with E-state index in [1.165, 1.54) is 32.4 Å². The van der Waals surface area contributed by atoms with Crippen molar-refractivity contribution in [3.63, 3.8) is 0 Å². The van der Waals surface area contributed by atoms with Crippen LogP contribution in [0.1, 0.15) is 54.4 Å². The van der Waals surface area contributed by atoms with E-state index >= 15 is 0 Å². The first-order valence-corrected chi connectivity index (χ1v) is 10.4. The van der Waals surface area contributed by atoms with E-state index in [0.717, 1.165) is 49.2 Å². The molecule has 144 valence electrons. The van der Waals surface area contributed by atoms with Gasteiger partial charge in [-0.15, -0.1) is 0 Å². The highest BCUT2D eigenvalue weighted by Gasteiger charge is 2.28. The van der Waals surface area contributed by atoms with Gasteiger partial charge in [-0.2, -0.15) is 5.10 Å². The highest BCUT2D eigenvalue weighted by molar-refractivity contribution is 5.95. The first kappa shape index (κ1) is 18.2. The van der Waals surface area contributed by atoms with Crippen molar-refractivity contribution in [1.82, 2.24) is 19.6 Å². The molecular formula is C22H30N4O. The first-order chi connectivity index (χ1) is 13.2. The fourth-order valence-electron chi connectivity index (χ4n) is 4.47. The smallest absolute Gasteiger partial charge is 0.254 e. The summed E-state index contributed by atoms with van der Waals surface area (Å²) in [5, 5.41) is 4.34. The highest BCUT2D eigenvalue weighted by atomic mass is 16.2. The van der Waals surface area contributed by atoms with E-state index in [2.05, 4.69) is 21.8 Å². The van der Waals surface area contributed by atoms with E-state index in [9.17, 15) is 4.79 Å². The Morgan fingerprint density at radius 2 is 1.96 bits per heavy atom. The van der Waals surface area contributed by atoms with Gasteiger partial charge in [-0.1, -0.05) is 6.07 Å². The van der Waals surface area contributed by atoms with E-state index in [1.54, 1.807) is 6.20 Å². The number of aromatic nitrogens is 2. The lowest BCUT2D eigenvalue weighted by molar-refractivity contribution is 0.0588. The number of carbonyl (C=O) groups excluding carboxylic acids is 1. The zero-order valence-electron chi connectivity index (χ0n) is 16.3. The van der Waals surface area contributed by atoms with Crippen LogP contribution < -0.4 is 0 Å². The highest BCUT2D eigenvalue weighted by Crippen LogP contribution is 2.24. The van der Waals surface area contributed by atoms with Crippen LogP contribution in [0.3, 0.4) is 0 Å². The molecule has 0 N–H and O–H groups in total. The Labute approximate surface area is 162 Å². The van der Waals surface area contributed by atoms with Crippen LogP contribution in [0.4, 0.5) is 0 Å². The first-order valence-electron chi connectivity index (χ1n) is 10.4. The van der Waals surface area contributed by atoms with Gasteiger partial charge in [-0.25, -0.2) is 4.68 Å². The van der Waals surface area contributed by atoms with Gasteiger partial charge in [0.05, 0.1) is 5.69 Å². The molecule has 2 aliphatic rings. The van der Waals surface area contributed by atoms with Crippen molar-refractivity contribution >= 4 is 5.91 Å². The van der Waals surface area contributed by atoms with Crippen molar-refractivity contribution in [3.05, 3.63) is 47.8 Å². The predicted molar refractivity (Wildman–Crippen MR) is 107 cm³/mol. The average Bonchev–Trinajstić information content (AvgIpc) is 3.40. The van der Waals surface area contributed by atoms with Crippen LogP contribution in [-0.4, -0.2) is 57.7 Å². The van der Waals surface area contributed by atoms with E-state index in [1.807, 2.05) is 35.1 Å². The molecule has 2 aromatic rings. The van der Waals surface area contributed by atoms with Crippen molar-refractivity contribution < 1.29 is 4.79 Å². The summed E-state index contributed by atoms with van der Waals surface area (Å²) in [6.07, 6.45) is 10.9. The fraction of sp³-hybridized carbons (Fsp3) is 0.545. The molecule has 1 amide bonds. The van der Waals surface area contributed by atoms with Gasteiger partial charge in [0.1, 0.15) is 0 Å². The van der Waals surface area contributed by atoms with Crippen molar-refractivity contribution in [2.45, 2.75) is 51.5 Å². The molecule has 2 fully saturated rings. The zero-order chi connectivity index (χ0) is 18.6. The molecule has 1 unspecified atom stereocenters. The second kappa shape index (κ2) is 8.26. The summed E-state index contributed by atoms with van der Waals surface area (Å²) in [6, 6.07) is 8.29. The van der Waals surface area contributed by atoms with Crippen molar-refractivity contribution in [3.8, 4) is 5.69 Å². The largest absolute Gasteiger partial charge is 0.336 e. The Kier molecular flexibility index (Phi) is 5.58. The predicted octanol–water partition coefficient (Wildman–Crippen LogP) is 3.66. The molecule has 1 aromatic heterocycles. The lowest BCUT2D eigenvalue weighted by atomic mass is 9.97. The van der Waals surface area contributed by atoms with Gasteiger partial charge in [-0.3, -0.25) is 4.79 Å². The Bertz CT molecular complexity index is 765. The van der Waals surface area contributed by atoms with E-state index < -0.39 is 0 Å². The second-order valence-corrected chi connectivity index (χ2v) is 7.94. The monoisotopic (exact) mass is 366 g/mol. The van der Waals surface area contributed by atoms with Crippen molar-refractivity contribution in [2.75, 3.05) is 26.2 Å². The van der Waals surface area contributed by atoms with Gasteiger partial charge in [-0.05, 0) is 82.3 Å². The normalized spacial score (nSPS) is 20.9. The summed E-state index contributed by atoms with van der Waals surface area (Å²) in [7, 11) is 0. The topological polar surface area (TPSA) is 41.4 Å². The number of rotatable bonds is 5. The molecule has 1 aromatic carbocycles. The summed E-state index contributed by atoms with van der Waals surface area (Å²) in [5.74, 6) is 0.175. The summed E-state index contributed by atoms with van der Waals surface area (Å²) in [4.78, 5) is 18.0. The number of amides is 1. The molecule has 2 aliphatic heterocycles. The van der Waals surface area contributed by atoms with Crippen LogP contribution in [-0.2, 0) is 0 Å². The number of piperidine rings is 1. The van der Waals surface area contributed by atoms with Gasteiger partial charge in [0, 0.05) is 37.1 Å². The summed E-state index contributed by atoms with van der Waals surface area (Å²) in [6.45, 7) is 6.53. The second-order valence-electron chi connectivity index (χ2n) is 7.94. The van der Waals surface area contributed by atoms with Gasteiger partial charge in [0.15, 0.2) is 0 Å². The van der Waals surface area contributed by atoms with Gasteiger partial charge >= 0.3 is 0 Å². The van der Waals surface area contributed by atoms with Gasteiger partial charge < -0.3 is 9.80 Å². The number of carbonyl (C=O) groups is 1. The Morgan fingerprint density at radius 3 is 2.74 bits per heavy atom. The van der Waals surface area contributed by atoms with E-state index in [0.29, 0.717) is 6.04 Å². The zero-order valence-corrected chi connectivity index (χ0v) is 16.3. The van der Waals surface area contributed by atoms with Crippen LogP contribution in [0.25, 0.3) is 5.69 Å². The van der Waals surface area contributed by atoms with Crippen LogP contribution in [0.15, 0.2) is 36.7 Å². The molecular weight excluding hydrogens is 336 g/mol. The standard InChI is InChI=1S/C22H30N4O/c1-18-8-9-19(17-21(18)26-15-6-11-23-26)22(27)25-14-3-2-7-20(25)10-16-24-12-4-5-13-24/h6,8-9,11,15,17,20H,2-5,7,10,12-14,16H2,1H3. The minimum atomic E-state index is 0.175. The lowest BCUT2D eigenvalue weighted by Crippen LogP contribution is -2.45. The average molecular weight is 367 g/mol. The Balaban J connectivity index is 1.50. The van der Waals surface area contributed by atoms with E-state index in [4.69, 9.17) is 0 Å². The Morgan fingerprint density at radius 1 is 1.15 bits per heavy atom.